The number of amides is 1. The first-order valence-electron chi connectivity index (χ1n) is 6.57. The third-order valence-electron chi connectivity index (χ3n) is 3.13. The van der Waals surface area contributed by atoms with Gasteiger partial charge in [-0.05, 0) is 19.0 Å². The Labute approximate surface area is 115 Å². The number of carbonyl (C=O) groups is 1. The van der Waals surface area contributed by atoms with Crippen LogP contribution in [0.1, 0.15) is 16.8 Å². The van der Waals surface area contributed by atoms with E-state index in [1.165, 1.54) is 0 Å². The summed E-state index contributed by atoms with van der Waals surface area (Å²) in [5, 5.41) is 2.58. The molecule has 0 aromatic carbocycles. The molecule has 20 heavy (non-hydrogen) atoms. The molecule has 0 radical (unpaired) electrons. The summed E-state index contributed by atoms with van der Waals surface area (Å²) in [4.78, 5) is 17.1. The largest absolute Gasteiger partial charge is 0.379 e. The van der Waals surface area contributed by atoms with Gasteiger partial charge in [-0.2, -0.15) is 4.39 Å². The lowest BCUT2D eigenvalue weighted by Crippen LogP contribution is -2.38. The number of aromatic nitrogens is 1. The average Bonchev–Trinajstić information content (AvgIpc) is 2.47. The summed E-state index contributed by atoms with van der Waals surface area (Å²) in [5.41, 5.74) is -0.316. The summed E-state index contributed by atoms with van der Waals surface area (Å²) in [7, 11) is 0. The molecule has 7 heteroatoms. The molecule has 1 saturated heterocycles. The standard InChI is InChI=1S/C13H17F2N3O2/c14-11-10(2-4-16-12(11)15)13(19)17-3-1-5-18-6-8-20-9-7-18/h2,4H,1,3,5-9H2,(H,17,19). The number of rotatable bonds is 5. The molecule has 0 atom stereocenters. The van der Waals surface area contributed by atoms with Crippen LogP contribution >= 0.6 is 0 Å². The number of hydrogen-bond donors (Lipinski definition) is 1. The highest BCUT2D eigenvalue weighted by molar-refractivity contribution is 5.94. The zero-order valence-corrected chi connectivity index (χ0v) is 11.1. The van der Waals surface area contributed by atoms with Crippen molar-refractivity contribution in [2.45, 2.75) is 6.42 Å². The first kappa shape index (κ1) is 14.8. The van der Waals surface area contributed by atoms with Gasteiger partial charge in [0.25, 0.3) is 5.91 Å². The fourth-order valence-electron chi connectivity index (χ4n) is 2.02. The van der Waals surface area contributed by atoms with Gasteiger partial charge in [-0.15, -0.1) is 0 Å². The van der Waals surface area contributed by atoms with Crippen LogP contribution < -0.4 is 5.32 Å². The predicted molar refractivity (Wildman–Crippen MR) is 68.4 cm³/mol. The molecule has 1 aromatic rings. The molecule has 1 aliphatic rings. The molecule has 2 rings (SSSR count). The molecule has 0 unspecified atom stereocenters. The highest BCUT2D eigenvalue weighted by Crippen LogP contribution is 2.08. The van der Waals surface area contributed by atoms with Crippen LogP contribution in [-0.4, -0.2) is 55.2 Å². The van der Waals surface area contributed by atoms with Gasteiger partial charge in [0.1, 0.15) is 0 Å². The quantitative estimate of drug-likeness (QED) is 0.642. The fraction of sp³-hybridized carbons (Fsp3) is 0.538. The van der Waals surface area contributed by atoms with Crippen LogP contribution in [0.5, 0.6) is 0 Å². The fourth-order valence-corrected chi connectivity index (χ4v) is 2.02. The van der Waals surface area contributed by atoms with Gasteiger partial charge in [-0.25, -0.2) is 9.37 Å². The average molecular weight is 285 g/mol. The second-order valence-corrected chi connectivity index (χ2v) is 4.53. The van der Waals surface area contributed by atoms with Crippen LogP contribution in [0.4, 0.5) is 8.78 Å². The highest BCUT2D eigenvalue weighted by Gasteiger charge is 2.15. The van der Waals surface area contributed by atoms with Gasteiger partial charge in [0.15, 0.2) is 5.82 Å². The van der Waals surface area contributed by atoms with Gasteiger partial charge in [0.05, 0.1) is 18.8 Å². The molecular formula is C13H17F2N3O2. The third kappa shape index (κ3) is 3.94. The van der Waals surface area contributed by atoms with E-state index in [0.717, 1.165) is 51.5 Å². The first-order chi connectivity index (χ1) is 9.68. The monoisotopic (exact) mass is 285 g/mol. The number of carbonyl (C=O) groups excluding carboxylic acids is 1. The normalized spacial score (nSPS) is 16.1. The summed E-state index contributed by atoms with van der Waals surface area (Å²) in [5.74, 6) is -3.09. The molecule has 1 amide bonds. The number of morpholine rings is 1. The van der Waals surface area contributed by atoms with Crippen molar-refractivity contribution in [3.8, 4) is 0 Å². The Morgan fingerprint density at radius 2 is 2.15 bits per heavy atom. The Kier molecular flexibility index (Phi) is 5.37. The van der Waals surface area contributed by atoms with E-state index in [0.29, 0.717) is 6.54 Å². The van der Waals surface area contributed by atoms with Crippen molar-refractivity contribution in [2.24, 2.45) is 0 Å². The molecule has 2 heterocycles. The molecule has 110 valence electrons. The van der Waals surface area contributed by atoms with Crippen molar-refractivity contribution in [2.75, 3.05) is 39.4 Å². The van der Waals surface area contributed by atoms with Crippen LogP contribution in [0, 0.1) is 11.8 Å². The maximum Gasteiger partial charge on any atom is 0.254 e. The van der Waals surface area contributed by atoms with Crippen molar-refractivity contribution in [1.82, 2.24) is 15.2 Å². The van der Waals surface area contributed by atoms with Gasteiger partial charge in [0.2, 0.25) is 5.95 Å². The van der Waals surface area contributed by atoms with Gasteiger partial charge >= 0.3 is 0 Å². The van der Waals surface area contributed by atoms with Crippen molar-refractivity contribution >= 4 is 5.91 Å². The Bertz CT molecular complexity index is 465. The molecule has 1 aromatic heterocycles. The number of halogens is 2. The molecule has 1 N–H and O–H groups in total. The zero-order valence-electron chi connectivity index (χ0n) is 11.1. The molecule has 1 aliphatic heterocycles. The lowest BCUT2D eigenvalue weighted by Gasteiger charge is -2.26. The van der Waals surface area contributed by atoms with E-state index < -0.39 is 17.7 Å². The van der Waals surface area contributed by atoms with E-state index >= 15 is 0 Å². The minimum atomic E-state index is -1.26. The number of hydrogen-bond acceptors (Lipinski definition) is 4. The molecular weight excluding hydrogens is 268 g/mol. The van der Waals surface area contributed by atoms with E-state index in [4.69, 9.17) is 4.74 Å². The summed E-state index contributed by atoms with van der Waals surface area (Å²) in [6.07, 6.45) is 1.82. The number of nitrogens with zero attached hydrogens (tertiary/aromatic N) is 2. The second-order valence-electron chi connectivity index (χ2n) is 4.53. The Balaban J connectivity index is 1.73. The van der Waals surface area contributed by atoms with Crippen molar-refractivity contribution in [3.63, 3.8) is 0 Å². The number of pyridine rings is 1. The second kappa shape index (κ2) is 7.25. The van der Waals surface area contributed by atoms with E-state index in [9.17, 15) is 13.6 Å². The van der Waals surface area contributed by atoms with Crippen molar-refractivity contribution in [3.05, 3.63) is 29.6 Å². The van der Waals surface area contributed by atoms with Gasteiger partial charge in [0, 0.05) is 25.8 Å². The molecule has 5 nitrogen and oxygen atoms in total. The topological polar surface area (TPSA) is 54.5 Å². The van der Waals surface area contributed by atoms with E-state index in [1.54, 1.807) is 0 Å². The minimum Gasteiger partial charge on any atom is -0.379 e. The summed E-state index contributed by atoms with van der Waals surface area (Å²) in [6, 6.07) is 1.16. The van der Waals surface area contributed by atoms with Gasteiger partial charge < -0.3 is 10.1 Å². The molecule has 0 saturated carbocycles. The predicted octanol–water partition coefficient (Wildman–Crippen LogP) is 0.812. The maximum atomic E-state index is 13.3. The van der Waals surface area contributed by atoms with E-state index in [1.807, 2.05) is 0 Å². The number of ether oxygens (including phenoxy) is 1. The van der Waals surface area contributed by atoms with E-state index in [-0.39, 0.29) is 5.56 Å². The molecule has 0 spiro atoms. The SMILES string of the molecule is O=C(NCCCN1CCOCC1)c1ccnc(F)c1F. The van der Waals surface area contributed by atoms with Crippen LogP contribution in [0.15, 0.2) is 12.3 Å². The maximum absolute atomic E-state index is 13.3. The highest BCUT2D eigenvalue weighted by atomic mass is 19.2. The van der Waals surface area contributed by atoms with Crippen LogP contribution in [0.3, 0.4) is 0 Å². The Hall–Kier alpha value is -1.60. The van der Waals surface area contributed by atoms with Crippen molar-refractivity contribution in [1.29, 1.82) is 0 Å². The lowest BCUT2D eigenvalue weighted by molar-refractivity contribution is 0.0374. The summed E-state index contributed by atoms with van der Waals surface area (Å²) < 4.78 is 31.4. The van der Waals surface area contributed by atoms with Gasteiger partial charge in [-0.1, -0.05) is 0 Å². The number of nitrogens with one attached hydrogen (secondary N) is 1. The third-order valence-corrected chi connectivity index (χ3v) is 3.13. The van der Waals surface area contributed by atoms with Crippen molar-refractivity contribution < 1.29 is 18.3 Å². The van der Waals surface area contributed by atoms with Crippen LogP contribution in [-0.2, 0) is 4.74 Å². The molecule has 0 bridgehead atoms. The minimum absolute atomic E-state index is 0.316. The van der Waals surface area contributed by atoms with Crippen LogP contribution in [0.2, 0.25) is 0 Å². The lowest BCUT2D eigenvalue weighted by atomic mass is 10.2. The Morgan fingerprint density at radius 3 is 2.90 bits per heavy atom. The smallest absolute Gasteiger partial charge is 0.254 e. The van der Waals surface area contributed by atoms with E-state index in [2.05, 4.69) is 15.2 Å². The van der Waals surface area contributed by atoms with Crippen LogP contribution in [0.25, 0.3) is 0 Å². The molecule has 0 aliphatic carbocycles. The Morgan fingerprint density at radius 1 is 1.40 bits per heavy atom. The first-order valence-corrected chi connectivity index (χ1v) is 6.57. The summed E-state index contributed by atoms with van der Waals surface area (Å²) in [6.45, 7) is 4.49. The summed E-state index contributed by atoms with van der Waals surface area (Å²) >= 11 is 0. The zero-order chi connectivity index (χ0) is 14.4. The molecule has 1 fully saturated rings. The van der Waals surface area contributed by atoms with Gasteiger partial charge in [-0.3, -0.25) is 9.69 Å².